The van der Waals surface area contributed by atoms with Crippen molar-refractivity contribution in [1.29, 1.82) is 0 Å². The maximum atomic E-state index is 2.72. The Bertz CT molecular complexity index is 812. The van der Waals surface area contributed by atoms with Crippen molar-refractivity contribution in [3.05, 3.63) is 62.5 Å². The fourth-order valence-electron chi connectivity index (χ4n) is 4.82. The van der Waals surface area contributed by atoms with Crippen molar-refractivity contribution in [3.63, 3.8) is 0 Å². The van der Waals surface area contributed by atoms with E-state index < -0.39 is 20.0 Å². The fraction of sp³-hybridized carbons (Fsp3) is 0.500. The molecule has 1 aromatic carbocycles. The normalized spacial score (nSPS) is 21.6. The van der Waals surface area contributed by atoms with Crippen LogP contribution in [0.4, 0.5) is 0 Å². The number of benzene rings is 1. The van der Waals surface area contributed by atoms with Gasteiger partial charge in [0.15, 0.2) is 0 Å². The molecular formula is C24H32Cl2Hf. The van der Waals surface area contributed by atoms with Crippen LogP contribution in [0.25, 0.3) is 5.57 Å². The topological polar surface area (TPSA) is 0 Å². The van der Waals surface area contributed by atoms with Crippen LogP contribution in [0.2, 0.25) is 8.35 Å². The molecule has 1 saturated heterocycles. The summed E-state index contributed by atoms with van der Waals surface area (Å²) in [5, 5.41) is 0. The zero-order chi connectivity index (χ0) is 18.0. The molecule has 3 aliphatic rings. The Morgan fingerprint density at radius 2 is 1.48 bits per heavy atom. The molecular weight excluding hydrogens is 538 g/mol. The minimum Gasteiger partial charge on any atom is -1.00 e. The standard InChI is InChI=1S/C13H15.C9H13.C2H4.2ClH.Hf/c1-13(2,3)12-9-8-10-6-4-5-7-11(10)12;1-9(2,3)8-6-4-5-7-8;1-2;;;/h4-9H,1-3H3;4,6H,7H2,1-3H3;1-2H2;2*1H;/q;;;;;+2/p-2. The molecule has 1 aliphatic heterocycles. The summed E-state index contributed by atoms with van der Waals surface area (Å²) in [5.41, 5.74) is 7.03. The molecule has 4 rings (SSSR count). The van der Waals surface area contributed by atoms with E-state index in [1.165, 1.54) is 6.42 Å². The van der Waals surface area contributed by atoms with Crippen LogP contribution in [0.5, 0.6) is 0 Å². The maximum Gasteiger partial charge on any atom is -1.00 e. The van der Waals surface area contributed by atoms with Gasteiger partial charge in [0.2, 0.25) is 0 Å². The average Bonchev–Trinajstić information content (AvgIpc) is 2.99. The molecule has 0 saturated carbocycles. The van der Waals surface area contributed by atoms with Crippen LogP contribution < -0.4 is 24.8 Å². The smallest absolute Gasteiger partial charge is 1.00 e. The minimum absolute atomic E-state index is 0. The Kier molecular flexibility index (Phi) is 6.54. The zero-order valence-corrected chi connectivity index (χ0v) is 22.6. The third-order valence-electron chi connectivity index (χ3n) is 6.58. The minimum atomic E-state index is -2.38. The van der Waals surface area contributed by atoms with Gasteiger partial charge in [-0.3, -0.25) is 0 Å². The molecule has 1 unspecified atom stereocenters. The first-order chi connectivity index (χ1) is 11.6. The number of halogens is 2. The largest absolute Gasteiger partial charge is 1.00 e. The van der Waals surface area contributed by atoms with E-state index >= 15 is 0 Å². The van der Waals surface area contributed by atoms with Gasteiger partial charge in [0.1, 0.15) is 0 Å². The van der Waals surface area contributed by atoms with Crippen molar-refractivity contribution >= 4 is 5.57 Å². The van der Waals surface area contributed by atoms with E-state index in [0.717, 1.165) is 3.67 Å². The number of hydrogen-bond acceptors (Lipinski definition) is 0. The Labute approximate surface area is 182 Å². The van der Waals surface area contributed by atoms with Gasteiger partial charge < -0.3 is 24.8 Å². The quantitative estimate of drug-likeness (QED) is 0.473. The second-order valence-corrected chi connectivity index (χ2v) is 26.8. The van der Waals surface area contributed by atoms with Crippen LogP contribution in [0.15, 0.2) is 51.4 Å². The third kappa shape index (κ3) is 3.99. The molecule has 1 fully saturated rings. The van der Waals surface area contributed by atoms with Crippen LogP contribution in [0.1, 0.15) is 62.8 Å². The van der Waals surface area contributed by atoms with Gasteiger partial charge in [-0.15, -0.1) is 0 Å². The number of hydrogen-bond donors (Lipinski definition) is 0. The molecule has 0 amide bonds. The Morgan fingerprint density at radius 3 is 2.00 bits per heavy atom. The molecule has 0 radical (unpaired) electrons. The maximum absolute atomic E-state index is 2.72. The van der Waals surface area contributed by atoms with Crippen LogP contribution in [-0.4, -0.2) is 0 Å². The van der Waals surface area contributed by atoms with Gasteiger partial charge in [-0.05, 0) is 0 Å². The summed E-state index contributed by atoms with van der Waals surface area (Å²) >= 11 is -2.38. The Balaban J connectivity index is 0.00000131. The van der Waals surface area contributed by atoms with Crippen molar-refractivity contribution in [1.82, 2.24) is 0 Å². The summed E-state index contributed by atoms with van der Waals surface area (Å²) in [7, 11) is 0. The SMILES string of the molecule is CC(C)(C)C1=CC=[C]([Hf+2]2([CH]3C=C(C(C)(C)C)c4ccccc43)[CH2][CH2]2)C1.[Cl-].[Cl-]. The van der Waals surface area contributed by atoms with Crippen LogP contribution in [0.3, 0.4) is 0 Å². The van der Waals surface area contributed by atoms with Crippen LogP contribution >= 0.6 is 0 Å². The van der Waals surface area contributed by atoms with Crippen molar-refractivity contribution in [2.45, 2.75) is 60.0 Å². The molecule has 2 aliphatic carbocycles. The summed E-state index contributed by atoms with van der Waals surface area (Å²) in [5.74, 6) is 0. The van der Waals surface area contributed by atoms with Crippen molar-refractivity contribution < 1.29 is 44.8 Å². The van der Waals surface area contributed by atoms with Gasteiger partial charge in [-0.2, -0.15) is 0 Å². The van der Waals surface area contributed by atoms with E-state index in [-0.39, 0.29) is 30.2 Å². The van der Waals surface area contributed by atoms with E-state index in [0.29, 0.717) is 5.41 Å². The molecule has 0 bridgehead atoms. The van der Waals surface area contributed by atoms with E-state index in [1.54, 1.807) is 30.6 Å². The van der Waals surface area contributed by atoms with Gasteiger partial charge >= 0.3 is 159 Å². The van der Waals surface area contributed by atoms with Gasteiger partial charge in [-0.25, -0.2) is 0 Å². The molecule has 0 aromatic heterocycles. The molecule has 1 atom stereocenters. The monoisotopic (exact) mass is 570 g/mol. The average molecular weight is 570 g/mol. The van der Waals surface area contributed by atoms with Gasteiger partial charge in [-0.1, -0.05) is 0 Å². The summed E-state index contributed by atoms with van der Waals surface area (Å²) in [6, 6.07) is 9.30. The number of allylic oxidation sites excluding steroid dienone is 6. The Morgan fingerprint density at radius 1 is 0.852 bits per heavy atom. The fourth-order valence-corrected chi connectivity index (χ4v) is 27.9. The molecule has 1 aromatic rings. The zero-order valence-electron chi connectivity index (χ0n) is 17.5. The van der Waals surface area contributed by atoms with Crippen molar-refractivity contribution in [2.75, 3.05) is 0 Å². The molecule has 146 valence electrons. The van der Waals surface area contributed by atoms with Gasteiger partial charge in [0.25, 0.3) is 0 Å². The first-order valence-electron chi connectivity index (χ1n) is 9.85. The number of fused-ring (bicyclic) bond motifs is 1. The number of rotatable bonds is 2. The summed E-state index contributed by atoms with van der Waals surface area (Å²) in [6.45, 7) is 14.2. The molecule has 0 nitrogen and oxygen atoms in total. The van der Waals surface area contributed by atoms with E-state index in [9.17, 15) is 0 Å². The Hall–Kier alpha value is -0.110. The molecule has 3 heteroatoms. The van der Waals surface area contributed by atoms with Crippen molar-refractivity contribution in [3.8, 4) is 0 Å². The van der Waals surface area contributed by atoms with Gasteiger partial charge in [0, 0.05) is 0 Å². The molecule has 27 heavy (non-hydrogen) atoms. The third-order valence-corrected chi connectivity index (χ3v) is 24.1. The van der Waals surface area contributed by atoms with E-state index in [2.05, 4.69) is 84.0 Å². The summed E-state index contributed by atoms with van der Waals surface area (Å²) in [4.78, 5) is 0. The summed E-state index contributed by atoms with van der Waals surface area (Å²) in [6.07, 6.45) is 9.02. The molecule has 0 N–H and O–H groups in total. The predicted octanol–water partition coefficient (Wildman–Crippen LogP) is 1.44. The van der Waals surface area contributed by atoms with Gasteiger partial charge in [0.05, 0.1) is 0 Å². The molecule has 1 heterocycles. The van der Waals surface area contributed by atoms with E-state index in [4.69, 9.17) is 0 Å². The molecule has 0 spiro atoms. The summed E-state index contributed by atoms with van der Waals surface area (Å²) < 4.78 is 5.83. The second kappa shape index (κ2) is 7.62. The first-order valence-corrected chi connectivity index (χ1v) is 18.8. The van der Waals surface area contributed by atoms with Crippen LogP contribution in [0, 0.1) is 10.8 Å². The second-order valence-electron chi connectivity index (χ2n) is 10.4. The predicted molar refractivity (Wildman–Crippen MR) is 106 cm³/mol. The van der Waals surface area contributed by atoms with Crippen LogP contribution in [-0.2, 0) is 20.0 Å². The first kappa shape index (κ1) is 23.2. The van der Waals surface area contributed by atoms with E-state index in [1.807, 2.05) is 3.33 Å². The van der Waals surface area contributed by atoms with Crippen molar-refractivity contribution in [2.24, 2.45) is 10.8 Å².